The van der Waals surface area contributed by atoms with Gasteiger partial charge < -0.3 is 15.0 Å². The van der Waals surface area contributed by atoms with Crippen molar-refractivity contribution in [2.45, 2.75) is 19.9 Å². The zero-order valence-electron chi connectivity index (χ0n) is 15.2. The smallest absolute Gasteiger partial charge is 0.321 e. The summed E-state index contributed by atoms with van der Waals surface area (Å²) in [7, 11) is 0. The number of carbonyl (C=O) groups excluding carboxylic acids is 1. The molecule has 1 saturated heterocycles. The van der Waals surface area contributed by atoms with Gasteiger partial charge >= 0.3 is 6.03 Å². The minimum Gasteiger partial charge on any atom is -0.493 e. The summed E-state index contributed by atoms with van der Waals surface area (Å²) >= 11 is 0. The molecule has 2 aliphatic heterocycles. The van der Waals surface area contributed by atoms with Crippen molar-refractivity contribution in [3.63, 3.8) is 0 Å². The Hall–Kier alpha value is -2.53. The maximum atomic E-state index is 12.4. The number of hydrogen-bond acceptors (Lipinski definition) is 3. The molecule has 0 spiro atoms. The number of nitrogens with zero attached hydrogens (tertiary/aromatic N) is 2. The quantitative estimate of drug-likeness (QED) is 0.923. The molecule has 2 heterocycles. The number of fused-ring (bicyclic) bond motifs is 1. The van der Waals surface area contributed by atoms with Gasteiger partial charge in [0.2, 0.25) is 0 Å². The van der Waals surface area contributed by atoms with Gasteiger partial charge in [0.1, 0.15) is 5.75 Å². The maximum Gasteiger partial charge on any atom is 0.321 e. The molecule has 0 saturated carbocycles. The van der Waals surface area contributed by atoms with Gasteiger partial charge in [-0.3, -0.25) is 4.90 Å². The Labute approximate surface area is 154 Å². The number of nitrogens with one attached hydrogen (secondary N) is 1. The average molecular weight is 351 g/mol. The Balaban J connectivity index is 1.28. The minimum absolute atomic E-state index is 0.0109. The van der Waals surface area contributed by atoms with Crippen LogP contribution in [0.4, 0.5) is 10.5 Å². The number of piperazine rings is 1. The van der Waals surface area contributed by atoms with Crippen LogP contribution >= 0.6 is 0 Å². The second kappa shape index (κ2) is 7.38. The summed E-state index contributed by atoms with van der Waals surface area (Å²) in [6, 6.07) is 14.4. The first-order valence-corrected chi connectivity index (χ1v) is 9.27. The average Bonchev–Trinajstić information content (AvgIpc) is 3.12. The number of anilines is 1. The fourth-order valence-electron chi connectivity index (χ4n) is 3.54. The molecule has 1 fully saturated rings. The van der Waals surface area contributed by atoms with Gasteiger partial charge in [0.25, 0.3) is 0 Å². The molecule has 5 nitrogen and oxygen atoms in total. The van der Waals surface area contributed by atoms with Gasteiger partial charge in [0.05, 0.1) is 6.61 Å². The van der Waals surface area contributed by atoms with Crippen LogP contribution in [0.2, 0.25) is 0 Å². The van der Waals surface area contributed by atoms with E-state index in [0.29, 0.717) is 0 Å². The van der Waals surface area contributed by atoms with Gasteiger partial charge in [0.15, 0.2) is 0 Å². The molecule has 0 bridgehead atoms. The van der Waals surface area contributed by atoms with Crippen molar-refractivity contribution in [1.29, 1.82) is 0 Å². The van der Waals surface area contributed by atoms with Crippen molar-refractivity contribution in [3.8, 4) is 5.75 Å². The van der Waals surface area contributed by atoms with Gasteiger partial charge in [-0.15, -0.1) is 0 Å². The molecule has 26 heavy (non-hydrogen) atoms. The molecular weight excluding hydrogens is 326 g/mol. The zero-order valence-corrected chi connectivity index (χ0v) is 15.2. The number of amides is 2. The monoisotopic (exact) mass is 351 g/mol. The number of urea groups is 1. The van der Waals surface area contributed by atoms with Crippen molar-refractivity contribution >= 4 is 11.7 Å². The minimum atomic E-state index is -0.0109. The third-order valence-electron chi connectivity index (χ3n) is 5.12. The summed E-state index contributed by atoms with van der Waals surface area (Å²) in [6.45, 7) is 7.08. The van der Waals surface area contributed by atoms with E-state index in [4.69, 9.17) is 4.74 Å². The van der Waals surface area contributed by atoms with Gasteiger partial charge in [-0.2, -0.15) is 0 Å². The highest BCUT2D eigenvalue weighted by atomic mass is 16.5. The molecule has 0 radical (unpaired) electrons. The van der Waals surface area contributed by atoms with Gasteiger partial charge in [-0.25, -0.2) is 4.79 Å². The van der Waals surface area contributed by atoms with E-state index in [2.05, 4.69) is 28.4 Å². The molecule has 2 aromatic rings. The van der Waals surface area contributed by atoms with Crippen molar-refractivity contribution in [2.75, 3.05) is 38.1 Å². The van der Waals surface area contributed by atoms with Crippen LogP contribution in [0.15, 0.2) is 42.5 Å². The SMILES string of the molecule is Cc1ccc(NC(=O)N2CCN(Cc3ccc4c(c3)CCO4)CC2)cc1. The number of hydrogen-bond donors (Lipinski definition) is 1. The van der Waals surface area contributed by atoms with Crippen LogP contribution in [0.5, 0.6) is 5.75 Å². The largest absolute Gasteiger partial charge is 0.493 e. The standard InChI is InChI=1S/C21H25N3O2/c1-16-2-5-19(6-3-16)22-21(25)24-11-9-23(10-12-24)15-17-4-7-20-18(14-17)8-13-26-20/h2-7,14H,8-13,15H2,1H3,(H,22,25). The summed E-state index contributed by atoms with van der Waals surface area (Å²) in [5, 5.41) is 2.99. The molecule has 2 aromatic carbocycles. The number of aryl methyl sites for hydroxylation is 1. The number of benzene rings is 2. The van der Waals surface area contributed by atoms with Crippen LogP contribution in [-0.4, -0.2) is 48.6 Å². The molecule has 2 amide bonds. The van der Waals surface area contributed by atoms with Crippen LogP contribution in [0.3, 0.4) is 0 Å². The summed E-state index contributed by atoms with van der Waals surface area (Å²) < 4.78 is 5.57. The molecule has 2 aliphatic rings. The molecule has 0 aliphatic carbocycles. The summed E-state index contributed by atoms with van der Waals surface area (Å²) in [5.74, 6) is 1.03. The lowest BCUT2D eigenvalue weighted by Gasteiger charge is -2.34. The van der Waals surface area contributed by atoms with E-state index >= 15 is 0 Å². The molecule has 0 aromatic heterocycles. The molecule has 5 heteroatoms. The molecule has 0 atom stereocenters. The highest BCUT2D eigenvalue weighted by Gasteiger charge is 2.21. The number of carbonyl (C=O) groups is 1. The molecule has 4 rings (SSSR count). The fraction of sp³-hybridized carbons (Fsp3) is 0.381. The van der Waals surface area contributed by atoms with Crippen LogP contribution < -0.4 is 10.1 Å². The van der Waals surface area contributed by atoms with E-state index in [9.17, 15) is 4.79 Å². The van der Waals surface area contributed by atoms with Crippen LogP contribution in [0.1, 0.15) is 16.7 Å². The van der Waals surface area contributed by atoms with E-state index in [1.165, 1.54) is 16.7 Å². The first-order chi connectivity index (χ1) is 12.7. The predicted octanol–water partition coefficient (Wildman–Crippen LogP) is 3.28. The predicted molar refractivity (Wildman–Crippen MR) is 103 cm³/mol. The Morgan fingerprint density at radius 2 is 1.85 bits per heavy atom. The number of ether oxygens (including phenoxy) is 1. The third-order valence-corrected chi connectivity index (χ3v) is 5.12. The van der Waals surface area contributed by atoms with Crippen LogP contribution in [-0.2, 0) is 13.0 Å². The Kier molecular flexibility index (Phi) is 4.80. The molecule has 0 unspecified atom stereocenters. The summed E-state index contributed by atoms with van der Waals surface area (Å²) in [5.41, 5.74) is 4.68. The Morgan fingerprint density at radius 3 is 2.62 bits per heavy atom. The Morgan fingerprint density at radius 1 is 1.08 bits per heavy atom. The first kappa shape index (κ1) is 16.9. The highest BCUT2D eigenvalue weighted by Crippen LogP contribution is 2.26. The normalized spacial score (nSPS) is 16.9. The third kappa shape index (κ3) is 3.83. The lowest BCUT2D eigenvalue weighted by atomic mass is 10.1. The molecular formula is C21H25N3O2. The van der Waals surface area contributed by atoms with E-state index in [0.717, 1.165) is 57.2 Å². The lowest BCUT2D eigenvalue weighted by Crippen LogP contribution is -2.49. The summed E-state index contributed by atoms with van der Waals surface area (Å²) in [6.07, 6.45) is 1.01. The fourth-order valence-corrected chi connectivity index (χ4v) is 3.54. The zero-order chi connectivity index (χ0) is 17.9. The first-order valence-electron chi connectivity index (χ1n) is 9.27. The maximum absolute atomic E-state index is 12.4. The van der Waals surface area contributed by atoms with Gasteiger partial charge in [0, 0.05) is 44.8 Å². The lowest BCUT2D eigenvalue weighted by molar-refractivity contribution is 0.143. The van der Waals surface area contributed by atoms with Crippen molar-refractivity contribution in [2.24, 2.45) is 0 Å². The van der Waals surface area contributed by atoms with E-state index < -0.39 is 0 Å². The van der Waals surface area contributed by atoms with Gasteiger partial charge in [-0.05, 0) is 36.2 Å². The van der Waals surface area contributed by atoms with Crippen molar-refractivity contribution in [3.05, 3.63) is 59.2 Å². The van der Waals surface area contributed by atoms with Crippen LogP contribution in [0, 0.1) is 6.92 Å². The second-order valence-corrected chi connectivity index (χ2v) is 7.10. The molecule has 136 valence electrons. The Bertz CT molecular complexity index is 780. The molecule has 1 N–H and O–H groups in total. The van der Waals surface area contributed by atoms with E-state index in [1.54, 1.807) is 0 Å². The van der Waals surface area contributed by atoms with Crippen LogP contribution in [0.25, 0.3) is 0 Å². The van der Waals surface area contributed by atoms with E-state index in [1.807, 2.05) is 36.1 Å². The van der Waals surface area contributed by atoms with Crippen molar-refractivity contribution in [1.82, 2.24) is 9.80 Å². The topological polar surface area (TPSA) is 44.8 Å². The second-order valence-electron chi connectivity index (χ2n) is 7.10. The number of rotatable bonds is 3. The van der Waals surface area contributed by atoms with Crippen molar-refractivity contribution < 1.29 is 9.53 Å². The highest BCUT2D eigenvalue weighted by molar-refractivity contribution is 5.89. The van der Waals surface area contributed by atoms with Gasteiger partial charge in [-0.1, -0.05) is 29.8 Å². The van der Waals surface area contributed by atoms with E-state index in [-0.39, 0.29) is 6.03 Å². The summed E-state index contributed by atoms with van der Waals surface area (Å²) in [4.78, 5) is 16.7.